The van der Waals surface area contributed by atoms with Crippen LogP contribution in [0, 0.1) is 22.7 Å². The summed E-state index contributed by atoms with van der Waals surface area (Å²) in [7, 11) is 0. The van der Waals surface area contributed by atoms with Gasteiger partial charge in [-0.1, -0.05) is 53.8 Å². The fourth-order valence-electron chi connectivity index (χ4n) is 2.53. The zero-order valence-electron chi connectivity index (χ0n) is 9.54. The number of aryl methyl sites for hydroxylation is 1. The lowest BCUT2D eigenvalue weighted by Crippen LogP contribution is -2.34. The summed E-state index contributed by atoms with van der Waals surface area (Å²) in [6, 6.07) is 11.2. The van der Waals surface area contributed by atoms with E-state index in [4.69, 9.17) is 0 Å². The lowest BCUT2D eigenvalue weighted by atomic mass is 9.66. The molecule has 2 rings (SSSR count). The van der Waals surface area contributed by atoms with Crippen molar-refractivity contribution in [2.45, 2.75) is 26.2 Å². The van der Waals surface area contributed by atoms with E-state index in [-0.39, 0.29) is 5.41 Å². The minimum Gasteiger partial charge on any atom is -0.198 e. The van der Waals surface area contributed by atoms with Crippen LogP contribution < -0.4 is 0 Å². The number of alkyl halides is 1. The largest absolute Gasteiger partial charge is 0.198 e. The Labute approximate surface area is 111 Å². The van der Waals surface area contributed by atoms with Crippen molar-refractivity contribution >= 4 is 22.6 Å². The number of nitriles is 1. The van der Waals surface area contributed by atoms with Crippen molar-refractivity contribution in [2.24, 2.45) is 11.3 Å². The normalized spacial score (nSPS) is 25.6. The van der Waals surface area contributed by atoms with Gasteiger partial charge in [0.15, 0.2) is 0 Å². The number of hydrogen-bond donors (Lipinski definition) is 0. The summed E-state index contributed by atoms with van der Waals surface area (Å²) in [6.07, 6.45) is 3.01. The summed E-state index contributed by atoms with van der Waals surface area (Å²) in [6.45, 7) is 2.21. The van der Waals surface area contributed by atoms with Gasteiger partial charge < -0.3 is 0 Å². The Morgan fingerprint density at radius 3 is 2.75 bits per heavy atom. The number of rotatable bonds is 2. The van der Waals surface area contributed by atoms with Gasteiger partial charge in [-0.05, 0) is 36.3 Å². The molecule has 1 aliphatic carbocycles. The van der Waals surface area contributed by atoms with Gasteiger partial charge >= 0.3 is 0 Å². The summed E-state index contributed by atoms with van der Waals surface area (Å²) in [5.41, 5.74) is 2.69. The number of fused-ring (bicyclic) bond motifs is 1. The SMILES string of the molecule is CC(CI)C1(C#N)CCc2ccccc2C1. The molecule has 1 aliphatic rings. The molecule has 0 N–H and O–H groups in total. The molecule has 1 nitrogen and oxygen atoms in total. The van der Waals surface area contributed by atoms with Crippen molar-refractivity contribution in [1.82, 2.24) is 0 Å². The van der Waals surface area contributed by atoms with Crippen molar-refractivity contribution in [2.75, 3.05) is 4.43 Å². The van der Waals surface area contributed by atoms with Crippen molar-refractivity contribution in [3.05, 3.63) is 35.4 Å². The van der Waals surface area contributed by atoms with Crippen LogP contribution in [0.1, 0.15) is 24.5 Å². The van der Waals surface area contributed by atoms with Gasteiger partial charge in [0.1, 0.15) is 0 Å². The zero-order valence-corrected chi connectivity index (χ0v) is 11.7. The van der Waals surface area contributed by atoms with E-state index in [1.54, 1.807) is 0 Å². The highest BCUT2D eigenvalue weighted by atomic mass is 127. The molecule has 0 aliphatic heterocycles. The molecule has 2 atom stereocenters. The van der Waals surface area contributed by atoms with E-state index in [2.05, 4.69) is 59.8 Å². The summed E-state index contributed by atoms with van der Waals surface area (Å²) in [4.78, 5) is 0. The minimum atomic E-state index is -0.129. The third-order valence-electron chi connectivity index (χ3n) is 3.86. The van der Waals surface area contributed by atoms with Crippen molar-refractivity contribution in [3.63, 3.8) is 0 Å². The fraction of sp³-hybridized carbons (Fsp3) is 0.500. The zero-order chi connectivity index (χ0) is 11.6. The van der Waals surface area contributed by atoms with Gasteiger partial charge in [0.25, 0.3) is 0 Å². The molecule has 0 bridgehead atoms. The molecule has 0 saturated heterocycles. The first-order chi connectivity index (χ1) is 7.72. The maximum Gasteiger partial charge on any atom is 0.0696 e. The van der Waals surface area contributed by atoms with Crippen LogP contribution in [0.3, 0.4) is 0 Å². The second-order valence-corrected chi connectivity index (χ2v) is 5.65. The van der Waals surface area contributed by atoms with E-state index in [1.165, 1.54) is 11.1 Å². The van der Waals surface area contributed by atoms with E-state index in [9.17, 15) is 5.26 Å². The van der Waals surface area contributed by atoms with Crippen molar-refractivity contribution < 1.29 is 0 Å². The second kappa shape index (κ2) is 4.75. The Morgan fingerprint density at radius 1 is 1.44 bits per heavy atom. The highest BCUT2D eigenvalue weighted by Crippen LogP contribution is 2.41. The van der Waals surface area contributed by atoms with Gasteiger partial charge in [-0.15, -0.1) is 0 Å². The maximum absolute atomic E-state index is 9.52. The summed E-state index contributed by atoms with van der Waals surface area (Å²) < 4.78 is 1.06. The molecule has 84 valence electrons. The number of benzene rings is 1. The monoisotopic (exact) mass is 325 g/mol. The standard InChI is InChI=1S/C14H16IN/c1-11(9-15)14(10-16)7-6-12-4-2-3-5-13(12)8-14/h2-5,11H,6-9H2,1H3. The molecule has 0 saturated carbocycles. The van der Waals surface area contributed by atoms with E-state index >= 15 is 0 Å². The van der Waals surface area contributed by atoms with Gasteiger partial charge in [-0.3, -0.25) is 0 Å². The molecule has 0 heterocycles. The first kappa shape index (κ1) is 11.9. The molecular weight excluding hydrogens is 309 g/mol. The van der Waals surface area contributed by atoms with Crippen LogP contribution in [-0.2, 0) is 12.8 Å². The first-order valence-electron chi connectivity index (χ1n) is 5.76. The predicted molar refractivity (Wildman–Crippen MR) is 74.6 cm³/mol. The van der Waals surface area contributed by atoms with E-state index in [0.717, 1.165) is 23.7 Å². The second-order valence-electron chi connectivity index (χ2n) is 4.77. The van der Waals surface area contributed by atoms with Gasteiger partial charge in [0.05, 0.1) is 11.5 Å². The highest BCUT2D eigenvalue weighted by molar-refractivity contribution is 14.1. The Morgan fingerprint density at radius 2 is 2.12 bits per heavy atom. The lowest BCUT2D eigenvalue weighted by molar-refractivity contribution is 0.248. The molecule has 2 heteroatoms. The van der Waals surface area contributed by atoms with E-state index < -0.39 is 0 Å². The van der Waals surface area contributed by atoms with Crippen LogP contribution in [0.15, 0.2) is 24.3 Å². The average Bonchev–Trinajstić information content (AvgIpc) is 2.37. The number of halogens is 1. The summed E-state index contributed by atoms with van der Waals surface area (Å²) >= 11 is 2.40. The first-order valence-corrected chi connectivity index (χ1v) is 7.28. The Balaban J connectivity index is 2.33. The molecule has 0 aromatic heterocycles. The third-order valence-corrected chi connectivity index (χ3v) is 5.18. The van der Waals surface area contributed by atoms with Gasteiger partial charge in [0.2, 0.25) is 0 Å². The Hall–Kier alpha value is -0.560. The Bertz CT molecular complexity index is 421. The highest BCUT2D eigenvalue weighted by Gasteiger charge is 2.38. The minimum absolute atomic E-state index is 0.129. The Kier molecular flexibility index (Phi) is 3.53. The topological polar surface area (TPSA) is 23.8 Å². The molecule has 2 unspecified atom stereocenters. The van der Waals surface area contributed by atoms with E-state index in [1.807, 2.05) is 0 Å². The molecule has 1 aromatic rings. The third kappa shape index (κ3) is 1.98. The quantitative estimate of drug-likeness (QED) is 0.600. The summed E-state index contributed by atoms with van der Waals surface area (Å²) in [5.74, 6) is 0.478. The van der Waals surface area contributed by atoms with Crippen molar-refractivity contribution in [1.29, 1.82) is 5.26 Å². The smallest absolute Gasteiger partial charge is 0.0696 e. The number of nitrogens with zero attached hydrogens (tertiary/aromatic N) is 1. The van der Waals surface area contributed by atoms with Crippen LogP contribution in [0.5, 0.6) is 0 Å². The van der Waals surface area contributed by atoms with Crippen LogP contribution in [0.25, 0.3) is 0 Å². The van der Waals surface area contributed by atoms with Crippen molar-refractivity contribution in [3.8, 4) is 6.07 Å². The van der Waals surface area contributed by atoms with Gasteiger partial charge in [-0.2, -0.15) is 5.26 Å². The van der Waals surface area contributed by atoms with Crippen LogP contribution in [-0.4, -0.2) is 4.43 Å². The molecule has 0 fully saturated rings. The molecule has 16 heavy (non-hydrogen) atoms. The van der Waals surface area contributed by atoms with Crippen LogP contribution >= 0.6 is 22.6 Å². The summed E-state index contributed by atoms with van der Waals surface area (Å²) in [5, 5.41) is 9.52. The van der Waals surface area contributed by atoms with Gasteiger partial charge in [0, 0.05) is 4.43 Å². The predicted octanol–water partition coefficient (Wildman–Crippen LogP) is 3.76. The van der Waals surface area contributed by atoms with E-state index in [0.29, 0.717) is 5.92 Å². The lowest BCUT2D eigenvalue weighted by Gasteiger charge is -2.36. The number of hydrogen-bond acceptors (Lipinski definition) is 1. The molecule has 0 spiro atoms. The maximum atomic E-state index is 9.52. The average molecular weight is 325 g/mol. The van der Waals surface area contributed by atoms with Crippen LogP contribution in [0.4, 0.5) is 0 Å². The van der Waals surface area contributed by atoms with Crippen LogP contribution in [0.2, 0.25) is 0 Å². The molecule has 0 radical (unpaired) electrons. The molecule has 1 aromatic carbocycles. The molecular formula is C14H16IN. The van der Waals surface area contributed by atoms with Gasteiger partial charge in [-0.25, -0.2) is 0 Å². The molecule has 0 amide bonds. The fourth-order valence-corrected chi connectivity index (χ4v) is 3.38.